The summed E-state index contributed by atoms with van der Waals surface area (Å²) in [5.41, 5.74) is 1.80. The molecule has 2 heterocycles. The number of urea groups is 1. The van der Waals surface area contributed by atoms with Crippen molar-refractivity contribution in [3.05, 3.63) is 29.0 Å². The largest absolute Gasteiger partial charge is 0.379 e. The Balaban J connectivity index is 1.46. The van der Waals surface area contributed by atoms with E-state index < -0.39 is 0 Å². The molecule has 0 unspecified atom stereocenters. The van der Waals surface area contributed by atoms with Crippen LogP contribution in [0.15, 0.2) is 18.2 Å². The minimum absolute atomic E-state index is 0.0548. The van der Waals surface area contributed by atoms with Crippen molar-refractivity contribution in [1.29, 1.82) is 0 Å². The van der Waals surface area contributed by atoms with Gasteiger partial charge in [0.25, 0.3) is 0 Å². The molecular weight excluding hydrogens is 366 g/mol. The standard InChI is InChI=1S/C19H28ClN5O2/c1-3-15(25-8-10-27-11-9-25)13-21-19(26)24(2)7-6-18-22-16-5-4-14(20)12-17(16)23-18/h4-5,12,15H,3,6-11,13H2,1-2H3,(H,21,26)(H,22,23)/t15-/m0/s1. The minimum atomic E-state index is -0.0548. The molecule has 0 bridgehead atoms. The number of imidazole rings is 1. The number of ether oxygens (including phenoxy) is 1. The lowest BCUT2D eigenvalue weighted by Crippen LogP contribution is -2.50. The average Bonchev–Trinajstić information content (AvgIpc) is 3.09. The highest BCUT2D eigenvalue weighted by atomic mass is 35.5. The zero-order chi connectivity index (χ0) is 19.2. The molecule has 1 atom stereocenters. The first-order valence-corrected chi connectivity index (χ1v) is 9.89. The van der Waals surface area contributed by atoms with Gasteiger partial charge in [0.05, 0.1) is 24.2 Å². The summed E-state index contributed by atoms with van der Waals surface area (Å²) in [6.45, 7) is 6.81. The van der Waals surface area contributed by atoms with E-state index in [1.807, 2.05) is 25.2 Å². The highest BCUT2D eigenvalue weighted by Gasteiger charge is 2.20. The average molecular weight is 394 g/mol. The van der Waals surface area contributed by atoms with Gasteiger partial charge in [-0.15, -0.1) is 0 Å². The molecular formula is C19H28ClN5O2. The van der Waals surface area contributed by atoms with Crippen molar-refractivity contribution in [3.8, 4) is 0 Å². The van der Waals surface area contributed by atoms with E-state index in [-0.39, 0.29) is 6.03 Å². The number of hydrogen-bond donors (Lipinski definition) is 2. The Morgan fingerprint density at radius 1 is 1.44 bits per heavy atom. The van der Waals surface area contributed by atoms with E-state index in [0.717, 1.165) is 49.6 Å². The van der Waals surface area contributed by atoms with Gasteiger partial charge in [-0.05, 0) is 24.6 Å². The number of aromatic nitrogens is 2. The normalized spacial score (nSPS) is 16.4. The van der Waals surface area contributed by atoms with Gasteiger partial charge < -0.3 is 19.9 Å². The number of H-pyrrole nitrogens is 1. The number of rotatable bonds is 7. The molecule has 1 aliphatic heterocycles. The van der Waals surface area contributed by atoms with Gasteiger partial charge in [-0.25, -0.2) is 9.78 Å². The molecule has 27 heavy (non-hydrogen) atoms. The maximum absolute atomic E-state index is 12.4. The number of nitrogens with zero attached hydrogens (tertiary/aromatic N) is 3. The van der Waals surface area contributed by atoms with Crippen LogP contribution in [-0.2, 0) is 11.2 Å². The van der Waals surface area contributed by atoms with Gasteiger partial charge in [-0.2, -0.15) is 0 Å². The molecule has 1 fully saturated rings. The predicted molar refractivity (Wildman–Crippen MR) is 107 cm³/mol. The number of likely N-dealkylation sites (N-methyl/N-ethyl adjacent to an activating group) is 1. The van der Waals surface area contributed by atoms with E-state index in [1.165, 1.54) is 0 Å². The third-order valence-electron chi connectivity index (χ3n) is 5.05. The number of fused-ring (bicyclic) bond motifs is 1. The van der Waals surface area contributed by atoms with Gasteiger partial charge in [0.2, 0.25) is 0 Å². The number of hydrogen-bond acceptors (Lipinski definition) is 4. The van der Waals surface area contributed by atoms with Crippen LogP contribution < -0.4 is 5.32 Å². The summed E-state index contributed by atoms with van der Waals surface area (Å²) in [5.74, 6) is 0.853. The molecule has 0 radical (unpaired) electrons. The van der Waals surface area contributed by atoms with E-state index in [9.17, 15) is 4.79 Å². The summed E-state index contributed by atoms with van der Waals surface area (Å²) < 4.78 is 5.41. The van der Waals surface area contributed by atoms with E-state index in [2.05, 4.69) is 27.1 Å². The number of aromatic amines is 1. The number of carbonyl (C=O) groups excluding carboxylic acids is 1. The summed E-state index contributed by atoms with van der Waals surface area (Å²) in [6.07, 6.45) is 1.67. The smallest absolute Gasteiger partial charge is 0.317 e. The summed E-state index contributed by atoms with van der Waals surface area (Å²) >= 11 is 6.01. The van der Waals surface area contributed by atoms with Gasteiger partial charge in [-0.1, -0.05) is 18.5 Å². The molecule has 1 saturated heterocycles. The van der Waals surface area contributed by atoms with Crippen molar-refractivity contribution >= 4 is 28.7 Å². The molecule has 0 aliphatic carbocycles. The van der Waals surface area contributed by atoms with Crippen LogP contribution in [0, 0.1) is 0 Å². The van der Waals surface area contributed by atoms with Crippen LogP contribution in [0.3, 0.4) is 0 Å². The Kier molecular flexibility index (Phi) is 6.93. The van der Waals surface area contributed by atoms with Gasteiger partial charge in [0.15, 0.2) is 0 Å². The van der Waals surface area contributed by atoms with Gasteiger partial charge in [0.1, 0.15) is 5.82 Å². The summed E-state index contributed by atoms with van der Waals surface area (Å²) in [5, 5.41) is 3.74. The molecule has 148 valence electrons. The van der Waals surface area contributed by atoms with Crippen LogP contribution in [-0.4, -0.2) is 78.3 Å². The number of carbonyl (C=O) groups is 1. The number of halogens is 1. The molecule has 2 amide bonds. The molecule has 0 saturated carbocycles. The lowest BCUT2D eigenvalue weighted by Gasteiger charge is -2.34. The molecule has 2 N–H and O–H groups in total. The second kappa shape index (κ2) is 9.39. The van der Waals surface area contributed by atoms with Crippen LogP contribution in [0.1, 0.15) is 19.2 Å². The third kappa shape index (κ3) is 5.34. The van der Waals surface area contributed by atoms with Gasteiger partial charge >= 0.3 is 6.03 Å². The van der Waals surface area contributed by atoms with Crippen LogP contribution in [0.5, 0.6) is 0 Å². The van der Waals surface area contributed by atoms with Crippen LogP contribution in [0.2, 0.25) is 5.02 Å². The number of benzene rings is 1. The topological polar surface area (TPSA) is 73.5 Å². The number of nitrogens with one attached hydrogen (secondary N) is 2. The zero-order valence-corrected chi connectivity index (χ0v) is 16.8. The molecule has 2 aromatic rings. The molecule has 7 nitrogen and oxygen atoms in total. The monoisotopic (exact) mass is 393 g/mol. The Hall–Kier alpha value is -1.83. The summed E-state index contributed by atoms with van der Waals surface area (Å²) in [6, 6.07) is 5.88. The maximum Gasteiger partial charge on any atom is 0.317 e. The Morgan fingerprint density at radius 3 is 2.96 bits per heavy atom. The van der Waals surface area contributed by atoms with Crippen molar-refractivity contribution in [2.45, 2.75) is 25.8 Å². The highest BCUT2D eigenvalue weighted by Crippen LogP contribution is 2.17. The Labute approximate surface area is 165 Å². The Bertz CT molecular complexity index is 760. The Morgan fingerprint density at radius 2 is 2.22 bits per heavy atom. The SMILES string of the molecule is CC[C@@H](CNC(=O)N(C)CCc1nc2ccc(Cl)cc2[nH]1)N1CCOCC1. The van der Waals surface area contributed by atoms with E-state index in [4.69, 9.17) is 16.3 Å². The fraction of sp³-hybridized carbons (Fsp3) is 0.579. The van der Waals surface area contributed by atoms with Crippen LogP contribution in [0.4, 0.5) is 4.79 Å². The molecule has 3 rings (SSSR count). The second-order valence-electron chi connectivity index (χ2n) is 6.91. The number of morpholine rings is 1. The highest BCUT2D eigenvalue weighted by molar-refractivity contribution is 6.31. The van der Waals surface area contributed by atoms with Crippen molar-refractivity contribution in [1.82, 2.24) is 25.1 Å². The fourth-order valence-electron chi connectivity index (χ4n) is 3.34. The minimum Gasteiger partial charge on any atom is -0.379 e. The molecule has 1 aromatic carbocycles. The van der Waals surface area contributed by atoms with Crippen LogP contribution >= 0.6 is 11.6 Å². The lowest BCUT2D eigenvalue weighted by atomic mass is 10.2. The lowest BCUT2D eigenvalue weighted by molar-refractivity contribution is 0.0162. The van der Waals surface area contributed by atoms with E-state index >= 15 is 0 Å². The molecule has 1 aliphatic rings. The van der Waals surface area contributed by atoms with Crippen molar-refractivity contribution in [2.75, 3.05) is 46.4 Å². The van der Waals surface area contributed by atoms with Crippen molar-refractivity contribution < 1.29 is 9.53 Å². The van der Waals surface area contributed by atoms with E-state index in [0.29, 0.717) is 30.6 Å². The van der Waals surface area contributed by atoms with Crippen molar-refractivity contribution in [3.63, 3.8) is 0 Å². The first-order chi connectivity index (χ1) is 13.1. The molecule has 8 heteroatoms. The zero-order valence-electron chi connectivity index (χ0n) is 16.0. The molecule has 0 spiro atoms. The predicted octanol–water partition coefficient (Wildman–Crippen LogP) is 2.51. The summed E-state index contributed by atoms with van der Waals surface area (Å²) in [4.78, 5) is 24.3. The first-order valence-electron chi connectivity index (χ1n) is 9.51. The first kappa shape index (κ1) is 19.9. The third-order valence-corrected chi connectivity index (χ3v) is 5.28. The van der Waals surface area contributed by atoms with Crippen LogP contribution in [0.25, 0.3) is 11.0 Å². The quantitative estimate of drug-likeness (QED) is 0.758. The second-order valence-corrected chi connectivity index (χ2v) is 7.35. The van der Waals surface area contributed by atoms with E-state index in [1.54, 1.807) is 4.90 Å². The van der Waals surface area contributed by atoms with Gasteiger partial charge in [-0.3, -0.25) is 4.90 Å². The molecule has 1 aromatic heterocycles. The fourth-order valence-corrected chi connectivity index (χ4v) is 3.51. The summed E-state index contributed by atoms with van der Waals surface area (Å²) in [7, 11) is 1.81. The maximum atomic E-state index is 12.4. The van der Waals surface area contributed by atoms with Crippen molar-refractivity contribution in [2.24, 2.45) is 0 Å². The number of amides is 2. The van der Waals surface area contributed by atoms with Gasteiger partial charge in [0, 0.05) is 50.7 Å².